The number of pyridine rings is 1. The standard InChI is InChI=1S/C14H11BrN4O2/c15-11-3-5-12(6-4-11)18-13(20)14(21)19-17-9-10-2-1-7-16-8-10/h1-9H,(H,18,20)(H,19,21)/b17-9-. The van der Waals surface area contributed by atoms with E-state index in [0.717, 1.165) is 4.47 Å². The van der Waals surface area contributed by atoms with Gasteiger partial charge in [0, 0.05) is 28.1 Å². The molecular weight excluding hydrogens is 336 g/mol. The lowest BCUT2D eigenvalue weighted by atomic mass is 10.3. The van der Waals surface area contributed by atoms with Crippen molar-refractivity contribution in [2.45, 2.75) is 0 Å². The van der Waals surface area contributed by atoms with Gasteiger partial charge in [-0.25, -0.2) is 5.43 Å². The molecule has 0 radical (unpaired) electrons. The van der Waals surface area contributed by atoms with Crippen LogP contribution in [-0.4, -0.2) is 23.0 Å². The van der Waals surface area contributed by atoms with Gasteiger partial charge < -0.3 is 5.32 Å². The number of carbonyl (C=O) groups excluding carboxylic acids is 2. The number of hydrogen-bond donors (Lipinski definition) is 2. The summed E-state index contributed by atoms with van der Waals surface area (Å²) in [5.41, 5.74) is 3.38. The second-order valence-corrected chi connectivity index (χ2v) is 4.86. The molecule has 0 aliphatic rings. The number of halogens is 1. The van der Waals surface area contributed by atoms with Gasteiger partial charge >= 0.3 is 11.8 Å². The van der Waals surface area contributed by atoms with Gasteiger partial charge in [-0.2, -0.15) is 5.10 Å². The Bertz CT molecular complexity index is 656. The summed E-state index contributed by atoms with van der Waals surface area (Å²) in [7, 11) is 0. The van der Waals surface area contributed by atoms with E-state index in [-0.39, 0.29) is 0 Å². The summed E-state index contributed by atoms with van der Waals surface area (Å²) in [6.45, 7) is 0. The summed E-state index contributed by atoms with van der Waals surface area (Å²) >= 11 is 3.28. The Morgan fingerprint density at radius 1 is 1.14 bits per heavy atom. The van der Waals surface area contributed by atoms with Gasteiger partial charge in [0.25, 0.3) is 0 Å². The molecule has 0 spiro atoms. The van der Waals surface area contributed by atoms with Crippen molar-refractivity contribution in [3.63, 3.8) is 0 Å². The quantitative estimate of drug-likeness (QED) is 0.506. The van der Waals surface area contributed by atoms with Gasteiger partial charge in [-0.3, -0.25) is 14.6 Å². The van der Waals surface area contributed by atoms with Crippen molar-refractivity contribution in [1.82, 2.24) is 10.4 Å². The molecule has 21 heavy (non-hydrogen) atoms. The Morgan fingerprint density at radius 3 is 2.57 bits per heavy atom. The molecule has 0 unspecified atom stereocenters. The molecule has 1 aromatic heterocycles. The molecule has 2 N–H and O–H groups in total. The maximum absolute atomic E-state index is 11.6. The number of hydrogen-bond acceptors (Lipinski definition) is 4. The molecule has 0 fully saturated rings. The van der Waals surface area contributed by atoms with E-state index < -0.39 is 11.8 Å². The third-order valence-corrected chi connectivity index (χ3v) is 2.90. The zero-order chi connectivity index (χ0) is 15.1. The fourth-order valence-electron chi connectivity index (χ4n) is 1.39. The third kappa shape index (κ3) is 4.81. The molecule has 1 heterocycles. The average molecular weight is 347 g/mol. The number of amides is 2. The van der Waals surface area contributed by atoms with E-state index in [0.29, 0.717) is 11.3 Å². The van der Waals surface area contributed by atoms with Crippen molar-refractivity contribution in [3.05, 3.63) is 58.8 Å². The molecule has 0 saturated heterocycles. The number of rotatable bonds is 3. The number of hydrazone groups is 1. The van der Waals surface area contributed by atoms with Crippen molar-refractivity contribution in [1.29, 1.82) is 0 Å². The number of anilines is 1. The molecule has 2 amide bonds. The molecule has 0 saturated carbocycles. The lowest BCUT2D eigenvalue weighted by Crippen LogP contribution is -2.32. The summed E-state index contributed by atoms with van der Waals surface area (Å²) in [5, 5.41) is 6.15. The number of benzene rings is 1. The van der Waals surface area contributed by atoms with E-state index in [1.54, 1.807) is 48.8 Å². The molecule has 0 aliphatic heterocycles. The van der Waals surface area contributed by atoms with Crippen LogP contribution in [0.5, 0.6) is 0 Å². The number of nitrogens with zero attached hydrogens (tertiary/aromatic N) is 2. The zero-order valence-corrected chi connectivity index (χ0v) is 12.4. The minimum Gasteiger partial charge on any atom is -0.318 e. The van der Waals surface area contributed by atoms with Crippen LogP contribution in [0.3, 0.4) is 0 Å². The summed E-state index contributed by atoms with van der Waals surface area (Å²) in [6, 6.07) is 10.4. The van der Waals surface area contributed by atoms with Gasteiger partial charge in [-0.05, 0) is 30.3 Å². The summed E-state index contributed by atoms with van der Waals surface area (Å²) in [6.07, 6.45) is 4.61. The smallest absolute Gasteiger partial charge is 0.318 e. The first kappa shape index (κ1) is 14.9. The highest BCUT2D eigenvalue weighted by Gasteiger charge is 2.12. The fourth-order valence-corrected chi connectivity index (χ4v) is 1.65. The average Bonchev–Trinajstić information content (AvgIpc) is 2.50. The maximum atomic E-state index is 11.6. The van der Waals surface area contributed by atoms with E-state index in [2.05, 4.69) is 36.8 Å². The van der Waals surface area contributed by atoms with E-state index in [1.165, 1.54) is 6.21 Å². The second-order valence-electron chi connectivity index (χ2n) is 3.95. The Morgan fingerprint density at radius 2 is 1.90 bits per heavy atom. The summed E-state index contributed by atoms with van der Waals surface area (Å²) in [4.78, 5) is 27.1. The van der Waals surface area contributed by atoms with Crippen molar-refractivity contribution in [2.24, 2.45) is 5.10 Å². The van der Waals surface area contributed by atoms with Gasteiger partial charge in [-0.1, -0.05) is 22.0 Å². The van der Waals surface area contributed by atoms with Crippen LogP contribution in [0.4, 0.5) is 5.69 Å². The first-order chi connectivity index (χ1) is 10.1. The number of carbonyl (C=O) groups is 2. The Kier molecular flexibility index (Phi) is 5.16. The number of nitrogens with one attached hydrogen (secondary N) is 2. The van der Waals surface area contributed by atoms with Crippen molar-refractivity contribution in [2.75, 3.05) is 5.32 Å². The van der Waals surface area contributed by atoms with Crippen molar-refractivity contribution in [3.8, 4) is 0 Å². The predicted octanol–water partition coefficient (Wildman–Crippen LogP) is 1.93. The molecule has 106 valence electrons. The largest absolute Gasteiger partial charge is 0.329 e. The van der Waals surface area contributed by atoms with Crippen LogP contribution in [0.25, 0.3) is 0 Å². The van der Waals surface area contributed by atoms with Crippen LogP contribution in [-0.2, 0) is 9.59 Å². The molecular formula is C14H11BrN4O2. The fraction of sp³-hybridized carbons (Fsp3) is 0. The van der Waals surface area contributed by atoms with E-state index in [1.807, 2.05) is 0 Å². The van der Waals surface area contributed by atoms with E-state index >= 15 is 0 Å². The highest BCUT2D eigenvalue weighted by Crippen LogP contribution is 2.13. The van der Waals surface area contributed by atoms with Crippen LogP contribution < -0.4 is 10.7 Å². The van der Waals surface area contributed by atoms with E-state index in [4.69, 9.17) is 0 Å². The van der Waals surface area contributed by atoms with E-state index in [9.17, 15) is 9.59 Å². The van der Waals surface area contributed by atoms with Crippen LogP contribution in [0.15, 0.2) is 58.4 Å². The zero-order valence-electron chi connectivity index (χ0n) is 10.8. The Hall–Kier alpha value is -2.54. The second kappa shape index (κ2) is 7.30. The van der Waals surface area contributed by atoms with Gasteiger partial charge in [0.2, 0.25) is 0 Å². The summed E-state index contributed by atoms with van der Waals surface area (Å²) in [5.74, 6) is -1.64. The molecule has 1 aromatic carbocycles. The maximum Gasteiger partial charge on any atom is 0.329 e. The Balaban J connectivity index is 1.87. The van der Waals surface area contributed by atoms with Gasteiger partial charge in [0.05, 0.1) is 6.21 Å². The minimum atomic E-state index is -0.849. The van der Waals surface area contributed by atoms with Crippen molar-refractivity contribution < 1.29 is 9.59 Å². The highest BCUT2D eigenvalue weighted by molar-refractivity contribution is 9.10. The van der Waals surface area contributed by atoms with Crippen LogP contribution in [0.2, 0.25) is 0 Å². The Labute approximate surface area is 129 Å². The van der Waals surface area contributed by atoms with Crippen LogP contribution in [0.1, 0.15) is 5.56 Å². The lowest BCUT2D eigenvalue weighted by molar-refractivity contribution is -0.136. The van der Waals surface area contributed by atoms with Crippen molar-refractivity contribution >= 4 is 39.6 Å². The number of aromatic nitrogens is 1. The molecule has 7 heteroatoms. The molecule has 0 aliphatic carbocycles. The van der Waals surface area contributed by atoms with Gasteiger partial charge in [-0.15, -0.1) is 0 Å². The summed E-state index contributed by atoms with van der Waals surface area (Å²) < 4.78 is 0.881. The first-order valence-corrected chi connectivity index (χ1v) is 6.74. The third-order valence-electron chi connectivity index (χ3n) is 2.37. The lowest BCUT2D eigenvalue weighted by Gasteiger charge is -2.03. The SMILES string of the molecule is O=C(N/N=C\c1cccnc1)C(=O)Nc1ccc(Br)cc1. The predicted molar refractivity (Wildman–Crippen MR) is 82.7 cm³/mol. The molecule has 2 aromatic rings. The normalized spacial score (nSPS) is 10.3. The van der Waals surface area contributed by atoms with Gasteiger partial charge in [0.1, 0.15) is 0 Å². The van der Waals surface area contributed by atoms with Gasteiger partial charge in [0.15, 0.2) is 0 Å². The molecule has 6 nitrogen and oxygen atoms in total. The highest BCUT2D eigenvalue weighted by atomic mass is 79.9. The minimum absolute atomic E-state index is 0.523. The topological polar surface area (TPSA) is 83.5 Å². The monoisotopic (exact) mass is 346 g/mol. The molecule has 0 atom stereocenters. The first-order valence-electron chi connectivity index (χ1n) is 5.95. The van der Waals surface area contributed by atoms with Crippen LogP contribution in [0, 0.1) is 0 Å². The van der Waals surface area contributed by atoms with Crippen LogP contribution >= 0.6 is 15.9 Å². The molecule has 0 bridgehead atoms. The molecule has 2 rings (SSSR count).